The zero-order chi connectivity index (χ0) is 14.7. The highest BCUT2D eigenvalue weighted by molar-refractivity contribution is 5.75. The molecule has 0 spiro atoms. The smallest absolute Gasteiger partial charge is 0.322 e. The SMILES string of the molecule is CCNC(CCN(CC)CCCN(C)C)C(=O)OC. The van der Waals surface area contributed by atoms with Crippen LogP contribution in [0.15, 0.2) is 0 Å². The first-order valence-corrected chi connectivity index (χ1v) is 7.23. The Morgan fingerprint density at radius 1 is 1.21 bits per heavy atom. The molecule has 0 aliphatic heterocycles. The molecule has 0 saturated carbocycles. The van der Waals surface area contributed by atoms with Gasteiger partial charge in [-0.2, -0.15) is 0 Å². The lowest BCUT2D eigenvalue weighted by molar-refractivity contribution is -0.143. The maximum absolute atomic E-state index is 11.6. The van der Waals surface area contributed by atoms with E-state index in [2.05, 4.69) is 36.1 Å². The second kappa shape index (κ2) is 11.2. The van der Waals surface area contributed by atoms with Crippen molar-refractivity contribution in [3.63, 3.8) is 0 Å². The Morgan fingerprint density at radius 2 is 1.89 bits per heavy atom. The summed E-state index contributed by atoms with van der Waals surface area (Å²) in [5.41, 5.74) is 0. The van der Waals surface area contributed by atoms with Crippen LogP contribution in [-0.2, 0) is 9.53 Å². The van der Waals surface area contributed by atoms with Gasteiger partial charge in [-0.25, -0.2) is 0 Å². The van der Waals surface area contributed by atoms with E-state index in [9.17, 15) is 4.79 Å². The van der Waals surface area contributed by atoms with Crippen LogP contribution < -0.4 is 5.32 Å². The Balaban J connectivity index is 4.03. The number of rotatable bonds is 11. The summed E-state index contributed by atoms with van der Waals surface area (Å²) >= 11 is 0. The molecule has 0 aromatic carbocycles. The minimum absolute atomic E-state index is 0.161. The van der Waals surface area contributed by atoms with Crippen molar-refractivity contribution in [2.24, 2.45) is 0 Å². The quantitative estimate of drug-likeness (QED) is 0.564. The topological polar surface area (TPSA) is 44.8 Å². The number of ether oxygens (including phenoxy) is 1. The summed E-state index contributed by atoms with van der Waals surface area (Å²) in [5, 5.41) is 3.18. The molecule has 0 saturated heterocycles. The number of hydrogen-bond acceptors (Lipinski definition) is 5. The molecule has 1 unspecified atom stereocenters. The minimum atomic E-state index is -0.183. The van der Waals surface area contributed by atoms with Crippen LogP contribution in [0.2, 0.25) is 0 Å². The zero-order valence-corrected chi connectivity index (χ0v) is 13.2. The summed E-state index contributed by atoms with van der Waals surface area (Å²) in [6.07, 6.45) is 1.96. The van der Waals surface area contributed by atoms with E-state index in [1.54, 1.807) is 0 Å². The second-order valence-electron chi connectivity index (χ2n) is 5.01. The molecule has 0 aliphatic rings. The molecule has 0 radical (unpaired) electrons. The molecule has 1 atom stereocenters. The maximum Gasteiger partial charge on any atom is 0.322 e. The Hall–Kier alpha value is -0.650. The van der Waals surface area contributed by atoms with Gasteiger partial charge in [-0.05, 0) is 53.1 Å². The third kappa shape index (κ3) is 8.97. The fraction of sp³-hybridized carbons (Fsp3) is 0.929. The van der Waals surface area contributed by atoms with Gasteiger partial charge in [0.2, 0.25) is 0 Å². The van der Waals surface area contributed by atoms with Crippen LogP contribution in [0.4, 0.5) is 0 Å². The van der Waals surface area contributed by atoms with Crippen LogP contribution >= 0.6 is 0 Å². The van der Waals surface area contributed by atoms with Gasteiger partial charge in [-0.3, -0.25) is 4.79 Å². The molecule has 0 fully saturated rings. The van der Waals surface area contributed by atoms with Gasteiger partial charge < -0.3 is 19.9 Å². The summed E-state index contributed by atoms with van der Waals surface area (Å²) in [4.78, 5) is 16.2. The highest BCUT2D eigenvalue weighted by Gasteiger charge is 2.18. The molecular formula is C14H31N3O2. The fourth-order valence-electron chi connectivity index (χ4n) is 2.04. The van der Waals surface area contributed by atoms with E-state index in [0.29, 0.717) is 0 Å². The maximum atomic E-state index is 11.6. The van der Waals surface area contributed by atoms with E-state index in [0.717, 1.165) is 45.6 Å². The molecule has 0 amide bonds. The molecule has 0 heterocycles. The number of methoxy groups -OCH3 is 1. The van der Waals surface area contributed by atoms with Crippen LogP contribution in [0.1, 0.15) is 26.7 Å². The Kier molecular flexibility index (Phi) is 10.8. The minimum Gasteiger partial charge on any atom is -0.468 e. The van der Waals surface area contributed by atoms with Crippen LogP contribution in [0.25, 0.3) is 0 Å². The second-order valence-corrected chi connectivity index (χ2v) is 5.01. The molecule has 0 rings (SSSR count). The molecule has 5 heteroatoms. The monoisotopic (exact) mass is 273 g/mol. The molecule has 19 heavy (non-hydrogen) atoms. The average molecular weight is 273 g/mol. The van der Waals surface area contributed by atoms with Crippen LogP contribution in [0.5, 0.6) is 0 Å². The molecule has 0 aromatic heterocycles. The van der Waals surface area contributed by atoms with E-state index in [1.165, 1.54) is 7.11 Å². The number of likely N-dealkylation sites (N-methyl/N-ethyl adjacent to an activating group) is 1. The van der Waals surface area contributed by atoms with Crippen molar-refractivity contribution in [3.05, 3.63) is 0 Å². The number of nitrogens with zero attached hydrogens (tertiary/aromatic N) is 2. The van der Waals surface area contributed by atoms with Crippen molar-refractivity contribution in [1.82, 2.24) is 15.1 Å². The number of carbonyl (C=O) groups excluding carboxylic acids is 1. The average Bonchev–Trinajstić information content (AvgIpc) is 2.39. The van der Waals surface area contributed by atoms with Gasteiger partial charge in [-0.1, -0.05) is 13.8 Å². The highest BCUT2D eigenvalue weighted by Crippen LogP contribution is 2.00. The first-order valence-electron chi connectivity index (χ1n) is 7.23. The standard InChI is InChI=1S/C14H31N3O2/c1-6-15-13(14(18)19-5)9-12-17(7-2)11-8-10-16(3)4/h13,15H,6-12H2,1-5H3. The van der Waals surface area contributed by atoms with Crippen LogP contribution in [0, 0.1) is 0 Å². The van der Waals surface area contributed by atoms with Crippen molar-refractivity contribution < 1.29 is 9.53 Å². The predicted octanol–water partition coefficient (Wildman–Crippen LogP) is 0.801. The van der Waals surface area contributed by atoms with E-state index >= 15 is 0 Å². The Morgan fingerprint density at radius 3 is 2.37 bits per heavy atom. The highest BCUT2D eigenvalue weighted by atomic mass is 16.5. The van der Waals surface area contributed by atoms with Gasteiger partial charge in [0, 0.05) is 6.54 Å². The molecule has 114 valence electrons. The summed E-state index contributed by atoms with van der Waals surface area (Å²) in [7, 11) is 5.63. The third-order valence-corrected chi connectivity index (χ3v) is 3.20. The zero-order valence-electron chi connectivity index (χ0n) is 13.2. The lowest BCUT2D eigenvalue weighted by Crippen LogP contribution is -2.41. The van der Waals surface area contributed by atoms with Crippen molar-refractivity contribution in [1.29, 1.82) is 0 Å². The van der Waals surface area contributed by atoms with E-state index in [4.69, 9.17) is 4.74 Å². The summed E-state index contributed by atoms with van der Waals surface area (Å²) < 4.78 is 4.82. The first kappa shape index (κ1) is 18.4. The lowest BCUT2D eigenvalue weighted by Gasteiger charge is -2.24. The Labute approximate surface area is 118 Å². The molecule has 1 N–H and O–H groups in total. The summed E-state index contributed by atoms with van der Waals surface area (Å²) in [6.45, 7) is 9.08. The lowest BCUT2D eigenvalue weighted by atomic mass is 10.2. The summed E-state index contributed by atoms with van der Waals surface area (Å²) in [6, 6.07) is -0.183. The van der Waals surface area contributed by atoms with Crippen molar-refractivity contribution >= 4 is 5.97 Å². The largest absolute Gasteiger partial charge is 0.468 e. The molecule has 0 aliphatic carbocycles. The first-order chi connectivity index (χ1) is 9.04. The van der Waals surface area contributed by atoms with Gasteiger partial charge >= 0.3 is 5.97 Å². The number of hydrogen-bond donors (Lipinski definition) is 1. The predicted molar refractivity (Wildman–Crippen MR) is 79.4 cm³/mol. The van der Waals surface area contributed by atoms with Gasteiger partial charge in [0.1, 0.15) is 6.04 Å². The molecule has 5 nitrogen and oxygen atoms in total. The summed E-state index contributed by atoms with van der Waals surface area (Å²) in [5.74, 6) is -0.161. The van der Waals surface area contributed by atoms with Crippen molar-refractivity contribution in [2.45, 2.75) is 32.7 Å². The molecule has 0 bridgehead atoms. The van der Waals surface area contributed by atoms with Crippen LogP contribution in [0.3, 0.4) is 0 Å². The van der Waals surface area contributed by atoms with Crippen LogP contribution in [-0.4, -0.2) is 75.7 Å². The van der Waals surface area contributed by atoms with Crippen molar-refractivity contribution in [3.8, 4) is 0 Å². The van der Waals surface area contributed by atoms with Crippen molar-refractivity contribution in [2.75, 3.05) is 53.9 Å². The van der Waals surface area contributed by atoms with E-state index in [-0.39, 0.29) is 12.0 Å². The molecule has 0 aromatic rings. The van der Waals surface area contributed by atoms with Gasteiger partial charge in [-0.15, -0.1) is 0 Å². The van der Waals surface area contributed by atoms with Gasteiger partial charge in [0.15, 0.2) is 0 Å². The fourth-order valence-corrected chi connectivity index (χ4v) is 2.04. The number of esters is 1. The molecular weight excluding hydrogens is 242 g/mol. The van der Waals surface area contributed by atoms with E-state index in [1.807, 2.05) is 6.92 Å². The third-order valence-electron chi connectivity index (χ3n) is 3.20. The van der Waals surface area contributed by atoms with Gasteiger partial charge in [0.25, 0.3) is 0 Å². The number of carbonyl (C=O) groups is 1. The normalized spacial score (nSPS) is 13.0. The van der Waals surface area contributed by atoms with E-state index < -0.39 is 0 Å². The van der Waals surface area contributed by atoms with Gasteiger partial charge in [0.05, 0.1) is 7.11 Å². The number of nitrogens with one attached hydrogen (secondary N) is 1. The Bertz CT molecular complexity index is 235.